The van der Waals surface area contributed by atoms with Gasteiger partial charge in [0.2, 0.25) is 5.69 Å². The van der Waals surface area contributed by atoms with Crippen molar-refractivity contribution >= 4 is 23.4 Å². The maximum atomic E-state index is 12.5. The number of piperidine rings is 1. The predicted octanol–water partition coefficient (Wildman–Crippen LogP) is 4.14. The number of hydrogen-bond acceptors (Lipinski definition) is 8. The molecule has 0 aliphatic carbocycles. The SMILES string of the molecule is CCOC(=O)c1nnn(Cc2ccc(OC)cc2)c1SC1CCN(c2ccc(C#N)cc2)CC1. The smallest absolute Gasteiger partial charge is 0.361 e. The summed E-state index contributed by atoms with van der Waals surface area (Å²) in [5.41, 5.74) is 3.10. The summed E-state index contributed by atoms with van der Waals surface area (Å²) in [6.45, 7) is 4.38. The van der Waals surface area contributed by atoms with Crippen molar-refractivity contribution in [3.05, 3.63) is 65.4 Å². The van der Waals surface area contributed by atoms with Gasteiger partial charge in [0.1, 0.15) is 10.8 Å². The Morgan fingerprint density at radius 1 is 1.15 bits per heavy atom. The molecule has 0 atom stereocenters. The number of carbonyl (C=O) groups excluding carboxylic acids is 1. The predicted molar refractivity (Wildman–Crippen MR) is 130 cm³/mol. The van der Waals surface area contributed by atoms with Gasteiger partial charge in [0.25, 0.3) is 0 Å². The Morgan fingerprint density at radius 2 is 1.85 bits per heavy atom. The highest BCUT2D eigenvalue weighted by Crippen LogP contribution is 2.34. The van der Waals surface area contributed by atoms with Crippen LogP contribution in [0.2, 0.25) is 0 Å². The summed E-state index contributed by atoms with van der Waals surface area (Å²) >= 11 is 1.65. The summed E-state index contributed by atoms with van der Waals surface area (Å²) in [6, 6.07) is 17.6. The summed E-state index contributed by atoms with van der Waals surface area (Å²) in [7, 11) is 1.64. The topological polar surface area (TPSA) is 93.3 Å². The molecule has 176 valence electrons. The van der Waals surface area contributed by atoms with E-state index >= 15 is 0 Å². The van der Waals surface area contributed by atoms with Crippen LogP contribution in [-0.2, 0) is 11.3 Å². The molecule has 2 aromatic carbocycles. The van der Waals surface area contributed by atoms with Crippen molar-refractivity contribution in [2.75, 3.05) is 31.7 Å². The van der Waals surface area contributed by atoms with Crippen LogP contribution in [0.4, 0.5) is 5.69 Å². The van der Waals surface area contributed by atoms with Gasteiger partial charge in [-0.1, -0.05) is 17.3 Å². The average Bonchev–Trinajstić information content (AvgIpc) is 3.27. The van der Waals surface area contributed by atoms with Gasteiger partial charge in [-0.05, 0) is 61.7 Å². The number of aromatic nitrogens is 3. The lowest BCUT2D eigenvalue weighted by molar-refractivity contribution is 0.0515. The zero-order valence-corrected chi connectivity index (χ0v) is 20.1. The quantitative estimate of drug-likeness (QED) is 0.447. The Morgan fingerprint density at radius 3 is 2.47 bits per heavy atom. The Bertz CT molecular complexity index is 1150. The van der Waals surface area contributed by atoms with E-state index in [1.54, 1.807) is 30.5 Å². The number of carbonyl (C=O) groups is 1. The number of methoxy groups -OCH3 is 1. The fourth-order valence-corrected chi connectivity index (χ4v) is 5.11. The summed E-state index contributed by atoms with van der Waals surface area (Å²) in [5.74, 6) is 0.346. The van der Waals surface area contributed by atoms with E-state index in [-0.39, 0.29) is 12.3 Å². The highest BCUT2D eigenvalue weighted by Gasteiger charge is 2.27. The number of benzene rings is 2. The van der Waals surface area contributed by atoms with Gasteiger partial charge < -0.3 is 14.4 Å². The van der Waals surface area contributed by atoms with Gasteiger partial charge in [0.05, 0.1) is 31.9 Å². The fraction of sp³-hybridized carbons (Fsp3) is 0.360. The first kappa shape index (κ1) is 23.6. The van der Waals surface area contributed by atoms with Crippen molar-refractivity contribution in [3.8, 4) is 11.8 Å². The second-order valence-corrected chi connectivity index (χ2v) is 9.22. The lowest BCUT2D eigenvalue weighted by atomic mass is 10.1. The molecule has 8 nitrogen and oxygen atoms in total. The number of ether oxygens (including phenoxy) is 2. The third-order valence-electron chi connectivity index (χ3n) is 5.73. The van der Waals surface area contributed by atoms with Gasteiger partial charge in [-0.2, -0.15) is 5.26 Å². The molecule has 2 heterocycles. The second kappa shape index (κ2) is 11.1. The number of hydrogen-bond donors (Lipinski definition) is 0. The number of esters is 1. The fourth-order valence-electron chi connectivity index (χ4n) is 3.89. The average molecular weight is 478 g/mol. The van der Waals surface area contributed by atoms with E-state index in [2.05, 4.69) is 21.3 Å². The van der Waals surface area contributed by atoms with Crippen LogP contribution in [0.1, 0.15) is 41.4 Å². The van der Waals surface area contributed by atoms with E-state index in [1.165, 1.54) is 0 Å². The zero-order chi connectivity index (χ0) is 23.9. The van der Waals surface area contributed by atoms with Gasteiger partial charge in [-0.25, -0.2) is 9.48 Å². The molecule has 1 aliphatic rings. The molecule has 1 fully saturated rings. The molecule has 0 saturated carbocycles. The van der Waals surface area contributed by atoms with Gasteiger partial charge in [0.15, 0.2) is 0 Å². The first-order valence-corrected chi connectivity index (χ1v) is 12.1. The molecule has 9 heteroatoms. The number of rotatable bonds is 8. The highest BCUT2D eigenvalue weighted by atomic mass is 32.2. The Hall–Kier alpha value is -3.51. The van der Waals surface area contributed by atoms with Crippen LogP contribution in [0.15, 0.2) is 53.6 Å². The van der Waals surface area contributed by atoms with Crippen LogP contribution in [0.25, 0.3) is 0 Å². The monoisotopic (exact) mass is 477 g/mol. The number of anilines is 1. The normalized spacial score (nSPS) is 14.0. The first-order valence-electron chi connectivity index (χ1n) is 11.3. The Kier molecular flexibility index (Phi) is 7.70. The van der Waals surface area contributed by atoms with E-state index < -0.39 is 5.97 Å². The number of nitrogens with zero attached hydrogens (tertiary/aromatic N) is 5. The summed E-state index contributed by atoms with van der Waals surface area (Å²) in [5, 5.41) is 18.5. The first-order chi connectivity index (χ1) is 16.6. The van der Waals surface area contributed by atoms with Crippen molar-refractivity contribution < 1.29 is 14.3 Å². The molecule has 1 aliphatic heterocycles. The number of nitriles is 1. The van der Waals surface area contributed by atoms with Crippen LogP contribution >= 0.6 is 11.8 Å². The molecule has 34 heavy (non-hydrogen) atoms. The zero-order valence-electron chi connectivity index (χ0n) is 19.3. The second-order valence-electron chi connectivity index (χ2n) is 7.93. The highest BCUT2D eigenvalue weighted by molar-refractivity contribution is 8.00. The van der Waals surface area contributed by atoms with Crippen LogP contribution in [-0.4, -0.2) is 53.0 Å². The summed E-state index contributed by atoms with van der Waals surface area (Å²) < 4.78 is 12.3. The van der Waals surface area contributed by atoms with Crippen molar-refractivity contribution in [2.45, 2.75) is 36.6 Å². The maximum Gasteiger partial charge on any atom is 0.361 e. The number of thioether (sulfide) groups is 1. The molecule has 1 saturated heterocycles. The molecular formula is C25H27N5O3S. The van der Waals surface area contributed by atoms with Gasteiger partial charge in [-0.3, -0.25) is 0 Å². The molecule has 0 bridgehead atoms. The molecular weight excluding hydrogens is 450 g/mol. The van der Waals surface area contributed by atoms with E-state index in [0.29, 0.717) is 17.4 Å². The van der Waals surface area contributed by atoms with Crippen LogP contribution in [0.5, 0.6) is 5.75 Å². The third kappa shape index (κ3) is 5.51. The van der Waals surface area contributed by atoms with E-state index in [0.717, 1.165) is 48.0 Å². The van der Waals surface area contributed by atoms with Crippen molar-refractivity contribution in [2.24, 2.45) is 0 Å². The molecule has 0 spiro atoms. The van der Waals surface area contributed by atoms with Crippen LogP contribution < -0.4 is 9.64 Å². The van der Waals surface area contributed by atoms with E-state index in [4.69, 9.17) is 14.7 Å². The summed E-state index contributed by atoms with van der Waals surface area (Å²) in [4.78, 5) is 14.9. The van der Waals surface area contributed by atoms with Crippen molar-refractivity contribution in [3.63, 3.8) is 0 Å². The van der Waals surface area contributed by atoms with Gasteiger partial charge >= 0.3 is 5.97 Å². The van der Waals surface area contributed by atoms with Crippen LogP contribution in [0, 0.1) is 11.3 Å². The van der Waals surface area contributed by atoms with Crippen molar-refractivity contribution in [1.29, 1.82) is 5.26 Å². The molecule has 0 unspecified atom stereocenters. The maximum absolute atomic E-state index is 12.5. The van der Waals surface area contributed by atoms with Gasteiger partial charge in [-0.15, -0.1) is 16.9 Å². The van der Waals surface area contributed by atoms with Crippen molar-refractivity contribution in [1.82, 2.24) is 15.0 Å². The lowest BCUT2D eigenvalue weighted by Crippen LogP contribution is -2.34. The van der Waals surface area contributed by atoms with E-state index in [9.17, 15) is 4.79 Å². The molecule has 1 aromatic heterocycles. The minimum absolute atomic E-state index is 0.273. The van der Waals surface area contributed by atoms with Gasteiger partial charge in [0, 0.05) is 24.0 Å². The Balaban J connectivity index is 1.47. The largest absolute Gasteiger partial charge is 0.497 e. The lowest BCUT2D eigenvalue weighted by Gasteiger charge is -2.33. The molecule has 0 N–H and O–H groups in total. The van der Waals surface area contributed by atoms with E-state index in [1.807, 2.05) is 48.5 Å². The van der Waals surface area contributed by atoms with Crippen LogP contribution in [0.3, 0.4) is 0 Å². The molecule has 0 radical (unpaired) electrons. The molecule has 4 rings (SSSR count). The Labute approximate surface area is 203 Å². The summed E-state index contributed by atoms with van der Waals surface area (Å²) in [6.07, 6.45) is 1.92. The minimum atomic E-state index is -0.444. The standard InChI is InChI=1S/C25H27N5O3S/c1-3-33-25(31)23-24(30(28-27-23)17-19-6-10-21(32-2)11-7-19)34-22-12-14-29(15-13-22)20-8-4-18(16-26)5-9-20/h4-11,22H,3,12-15,17H2,1-2H3. The molecule has 3 aromatic rings. The third-order valence-corrected chi connectivity index (χ3v) is 7.16. The minimum Gasteiger partial charge on any atom is -0.497 e. The molecule has 0 amide bonds.